The van der Waals surface area contributed by atoms with Gasteiger partial charge in [-0.2, -0.15) is 0 Å². The molecule has 0 fully saturated rings. The lowest BCUT2D eigenvalue weighted by atomic mass is 10.2. The predicted octanol–water partition coefficient (Wildman–Crippen LogP) is 4.05. The molecule has 0 saturated heterocycles. The van der Waals surface area contributed by atoms with Crippen LogP contribution in [0.3, 0.4) is 0 Å². The number of allylic oxidation sites excluding steroid dienone is 1. The number of benzene rings is 1. The highest BCUT2D eigenvalue weighted by molar-refractivity contribution is 7.99. The number of nitrogens with one attached hydrogen (secondary N) is 1. The third kappa shape index (κ3) is 4.75. The predicted molar refractivity (Wildman–Crippen MR) is 99.7 cm³/mol. The van der Waals surface area contributed by atoms with Crippen molar-refractivity contribution < 1.29 is 4.79 Å². The summed E-state index contributed by atoms with van der Waals surface area (Å²) in [7, 11) is 0. The second-order valence-electron chi connectivity index (χ2n) is 5.34. The molecule has 0 aliphatic rings. The molecule has 1 aromatic heterocycles. The lowest BCUT2D eigenvalue weighted by Crippen LogP contribution is -2.31. The first-order valence-corrected chi connectivity index (χ1v) is 9.08. The third-order valence-corrected chi connectivity index (χ3v) is 4.50. The third-order valence-electron chi connectivity index (χ3n) is 2.98. The van der Waals surface area contributed by atoms with Crippen molar-refractivity contribution in [3.8, 4) is 11.4 Å². The molecule has 0 aliphatic heterocycles. The van der Waals surface area contributed by atoms with E-state index < -0.39 is 0 Å². The van der Waals surface area contributed by atoms with Crippen molar-refractivity contribution in [1.82, 2.24) is 20.1 Å². The van der Waals surface area contributed by atoms with Crippen molar-refractivity contribution in [1.29, 1.82) is 0 Å². The number of hydrogen-bond acceptors (Lipinski definition) is 4. The largest absolute Gasteiger partial charge is 0.353 e. The number of amides is 1. The van der Waals surface area contributed by atoms with E-state index in [1.807, 2.05) is 18.4 Å². The molecule has 1 heterocycles. The van der Waals surface area contributed by atoms with Crippen LogP contribution in [-0.2, 0) is 11.3 Å². The molecule has 1 amide bonds. The number of nitrogens with zero attached hydrogens (tertiary/aromatic N) is 3. The fourth-order valence-corrected chi connectivity index (χ4v) is 3.30. The second kappa shape index (κ2) is 8.55. The molecule has 128 valence electrons. The summed E-state index contributed by atoms with van der Waals surface area (Å²) in [6.45, 7) is 8.11. The van der Waals surface area contributed by atoms with Gasteiger partial charge in [0.25, 0.3) is 0 Å². The van der Waals surface area contributed by atoms with Crippen LogP contribution >= 0.6 is 35.0 Å². The summed E-state index contributed by atoms with van der Waals surface area (Å²) in [6, 6.07) is 5.31. The Kier molecular flexibility index (Phi) is 6.71. The molecule has 1 N–H and O–H groups in total. The number of thioether (sulfide) groups is 1. The van der Waals surface area contributed by atoms with Crippen LogP contribution in [0.4, 0.5) is 0 Å². The average molecular weight is 385 g/mol. The zero-order chi connectivity index (χ0) is 17.7. The Bertz CT molecular complexity index is 746. The smallest absolute Gasteiger partial charge is 0.230 e. The van der Waals surface area contributed by atoms with Crippen LogP contribution in [0.25, 0.3) is 11.4 Å². The van der Waals surface area contributed by atoms with E-state index in [0.29, 0.717) is 27.6 Å². The Labute approximate surface area is 155 Å². The second-order valence-corrected chi connectivity index (χ2v) is 7.13. The first-order chi connectivity index (χ1) is 11.4. The van der Waals surface area contributed by atoms with Crippen LogP contribution in [0.1, 0.15) is 13.8 Å². The molecule has 2 rings (SSSR count). The minimum Gasteiger partial charge on any atom is -0.353 e. The molecule has 0 radical (unpaired) electrons. The number of hydrogen-bond donors (Lipinski definition) is 1. The van der Waals surface area contributed by atoms with E-state index in [0.717, 1.165) is 5.56 Å². The summed E-state index contributed by atoms with van der Waals surface area (Å²) < 4.78 is 1.87. The Hall–Kier alpha value is -1.50. The van der Waals surface area contributed by atoms with Crippen molar-refractivity contribution in [3.05, 3.63) is 40.9 Å². The van der Waals surface area contributed by atoms with Crippen molar-refractivity contribution >= 4 is 40.9 Å². The van der Waals surface area contributed by atoms with Gasteiger partial charge in [0, 0.05) is 23.2 Å². The molecule has 0 spiro atoms. The van der Waals surface area contributed by atoms with Gasteiger partial charge in [-0.3, -0.25) is 9.36 Å². The molecule has 0 atom stereocenters. The van der Waals surface area contributed by atoms with Gasteiger partial charge >= 0.3 is 0 Å². The Morgan fingerprint density at radius 1 is 1.42 bits per heavy atom. The minimum atomic E-state index is -0.0470. The topological polar surface area (TPSA) is 59.8 Å². The quantitative estimate of drug-likeness (QED) is 0.577. The number of rotatable bonds is 7. The zero-order valence-electron chi connectivity index (χ0n) is 13.4. The highest BCUT2D eigenvalue weighted by Crippen LogP contribution is 2.31. The van der Waals surface area contributed by atoms with E-state index in [1.54, 1.807) is 24.3 Å². The highest BCUT2D eigenvalue weighted by atomic mass is 35.5. The Morgan fingerprint density at radius 3 is 2.79 bits per heavy atom. The summed E-state index contributed by atoms with van der Waals surface area (Å²) in [5.41, 5.74) is 0.730. The molecule has 0 unspecified atom stereocenters. The van der Waals surface area contributed by atoms with Gasteiger partial charge in [-0.25, -0.2) is 0 Å². The molecular formula is C16H18Cl2N4OS. The molecule has 8 heteroatoms. The monoisotopic (exact) mass is 384 g/mol. The highest BCUT2D eigenvalue weighted by Gasteiger charge is 2.17. The van der Waals surface area contributed by atoms with Crippen LogP contribution in [0.15, 0.2) is 36.0 Å². The normalized spacial score (nSPS) is 10.9. The first kappa shape index (κ1) is 18.8. The number of aromatic nitrogens is 3. The first-order valence-electron chi connectivity index (χ1n) is 7.34. The van der Waals surface area contributed by atoms with Gasteiger partial charge in [-0.05, 0) is 32.0 Å². The van der Waals surface area contributed by atoms with Crippen molar-refractivity contribution in [2.75, 3.05) is 5.75 Å². The van der Waals surface area contributed by atoms with Gasteiger partial charge in [0.1, 0.15) is 0 Å². The standard InChI is InChI=1S/C16H18Cl2N4OS/c1-4-7-22-15(12-6-5-11(17)8-13(12)18)20-21-16(22)24-9-14(23)19-10(2)3/h4-6,8,10H,1,7,9H2,2-3H3,(H,19,23). The maximum Gasteiger partial charge on any atom is 0.230 e. The minimum absolute atomic E-state index is 0.0470. The van der Waals surface area contributed by atoms with Crippen molar-refractivity contribution in [2.24, 2.45) is 0 Å². The molecule has 2 aromatic rings. The van der Waals surface area contributed by atoms with E-state index >= 15 is 0 Å². The number of halogens is 2. The van der Waals surface area contributed by atoms with Crippen molar-refractivity contribution in [2.45, 2.75) is 31.6 Å². The van der Waals surface area contributed by atoms with Crippen LogP contribution in [0, 0.1) is 0 Å². The summed E-state index contributed by atoms with van der Waals surface area (Å²) in [4.78, 5) is 11.8. The van der Waals surface area contributed by atoms with Crippen LogP contribution in [0.5, 0.6) is 0 Å². The summed E-state index contributed by atoms with van der Waals surface area (Å²) in [6.07, 6.45) is 1.74. The molecular weight excluding hydrogens is 367 g/mol. The van der Waals surface area contributed by atoms with Crippen molar-refractivity contribution in [3.63, 3.8) is 0 Å². The van der Waals surface area contributed by atoms with Crippen LogP contribution in [-0.4, -0.2) is 32.5 Å². The zero-order valence-corrected chi connectivity index (χ0v) is 15.8. The van der Waals surface area contributed by atoms with Gasteiger partial charge < -0.3 is 5.32 Å². The molecule has 5 nitrogen and oxygen atoms in total. The lowest BCUT2D eigenvalue weighted by Gasteiger charge is -2.10. The van der Waals surface area contributed by atoms with Gasteiger partial charge in [0.2, 0.25) is 5.91 Å². The average Bonchev–Trinajstić information content (AvgIpc) is 2.88. The summed E-state index contributed by atoms with van der Waals surface area (Å²) in [5, 5.41) is 12.9. The van der Waals surface area contributed by atoms with E-state index in [-0.39, 0.29) is 17.7 Å². The lowest BCUT2D eigenvalue weighted by molar-refractivity contribution is -0.119. The molecule has 0 saturated carbocycles. The van der Waals surface area contributed by atoms with E-state index in [1.165, 1.54) is 11.8 Å². The maximum absolute atomic E-state index is 11.8. The molecule has 0 aliphatic carbocycles. The molecule has 1 aromatic carbocycles. The van der Waals surface area contributed by atoms with Crippen LogP contribution in [0.2, 0.25) is 10.0 Å². The molecule has 0 bridgehead atoms. The van der Waals surface area contributed by atoms with Gasteiger partial charge in [-0.15, -0.1) is 16.8 Å². The Balaban J connectivity index is 2.26. The number of carbonyl (C=O) groups excluding carboxylic acids is 1. The van der Waals surface area contributed by atoms with Crippen LogP contribution < -0.4 is 5.32 Å². The van der Waals surface area contributed by atoms with Gasteiger partial charge in [0.05, 0.1) is 10.8 Å². The summed E-state index contributed by atoms with van der Waals surface area (Å²) >= 11 is 13.5. The number of carbonyl (C=O) groups is 1. The van der Waals surface area contributed by atoms with E-state index in [2.05, 4.69) is 22.1 Å². The van der Waals surface area contributed by atoms with Gasteiger partial charge in [-0.1, -0.05) is 41.0 Å². The maximum atomic E-state index is 11.8. The molecule has 24 heavy (non-hydrogen) atoms. The fraction of sp³-hybridized carbons (Fsp3) is 0.312. The van der Waals surface area contributed by atoms with E-state index in [4.69, 9.17) is 23.2 Å². The summed E-state index contributed by atoms with van der Waals surface area (Å²) in [5.74, 6) is 0.833. The fourth-order valence-electron chi connectivity index (χ4n) is 2.05. The van der Waals surface area contributed by atoms with E-state index in [9.17, 15) is 4.79 Å². The Morgan fingerprint density at radius 2 is 2.17 bits per heavy atom. The SMILES string of the molecule is C=CCn1c(SCC(=O)NC(C)C)nnc1-c1ccc(Cl)cc1Cl. The van der Waals surface area contributed by atoms with Gasteiger partial charge in [0.15, 0.2) is 11.0 Å².